The third-order valence-electron chi connectivity index (χ3n) is 5.08. The fraction of sp³-hybridized carbons (Fsp3) is 0.400. The Morgan fingerprint density at radius 3 is 2.57 bits per heavy atom. The molecule has 3 aliphatic rings. The van der Waals surface area contributed by atoms with Gasteiger partial charge in [0.1, 0.15) is 11.5 Å². The number of hydrogen-bond acceptors (Lipinski definition) is 5. The minimum atomic E-state index is 0. The molecule has 8 heteroatoms. The fourth-order valence-corrected chi connectivity index (χ4v) is 3.66. The molecule has 0 radical (unpaired) electrons. The molecule has 4 N–H and O–H groups in total. The van der Waals surface area contributed by atoms with Crippen LogP contribution in [0.5, 0.6) is 11.5 Å². The molecule has 0 spiro atoms. The highest BCUT2D eigenvalue weighted by Gasteiger charge is 2.23. The minimum absolute atomic E-state index is 0. The number of nitrogens with zero attached hydrogens (tertiary/aromatic N) is 2. The molecule has 1 saturated heterocycles. The Morgan fingerprint density at radius 2 is 1.86 bits per heavy atom. The second-order valence-corrected chi connectivity index (χ2v) is 6.85. The summed E-state index contributed by atoms with van der Waals surface area (Å²) < 4.78 is 10.7. The number of hydrogen-bond donors (Lipinski definition) is 2. The number of benzene rings is 1. The van der Waals surface area contributed by atoms with Gasteiger partial charge in [0.25, 0.3) is 0 Å². The van der Waals surface area contributed by atoms with Crippen LogP contribution in [0.3, 0.4) is 0 Å². The standard InChI is InChI=1S/C20H24N4O2.ClH.H2O/c1-12-8-14(6-7-21-12)20-22-11-17-16(24-20)10-15(23-17)13-4-5-18(25-2)19(9-13)26-3;;/h4-5,9-12,14,21H,6-8H2,1-3H3,(H,22,24);1H;1H2. The number of piperidine rings is 1. The van der Waals surface area contributed by atoms with Crippen molar-refractivity contribution in [3.8, 4) is 34.1 Å². The maximum atomic E-state index is 5.40. The van der Waals surface area contributed by atoms with Crippen molar-refractivity contribution < 1.29 is 14.9 Å². The van der Waals surface area contributed by atoms with Gasteiger partial charge >= 0.3 is 0 Å². The van der Waals surface area contributed by atoms with Gasteiger partial charge in [0.05, 0.1) is 31.8 Å². The van der Waals surface area contributed by atoms with E-state index < -0.39 is 0 Å². The molecule has 3 aliphatic heterocycles. The van der Waals surface area contributed by atoms with Gasteiger partial charge in [-0.25, -0.2) is 9.97 Å². The first kappa shape index (κ1) is 21.9. The zero-order valence-electron chi connectivity index (χ0n) is 16.3. The SMILES string of the molecule is COc1ccc(-c2cc3[nH]c(C4CCNC(C)C4)ncc-3n2)cc1OC.Cl.O. The van der Waals surface area contributed by atoms with Crippen LogP contribution in [-0.4, -0.2) is 47.2 Å². The summed E-state index contributed by atoms with van der Waals surface area (Å²) in [5.74, 6) is 2.93. The van der Waals surface area contributed by atoms with E-state index in [1.54, 1.807) is 14.2 Å². The lowest BCUT2D eigenvalue weighted by Gasteiger charge is -2.27. The zero-order chi connectivity index (χ0) is 18.1. The van der Waals surface area contributed by atoms with E-state index in [0.717, 1.165) is 47.9 Å². The maximum Gasteiger partial charge on any atom is 0.161 e. The normalized spacial score (nSPS) is 18.8. The molecule has 2 atom stereocenters. The Bertz CT molecular complexity index is 886. The van der Waals surface area contributed by atoms with Gasteiger partial charge in [0, 0.05) is 17.5 Å². The molecule has 152 valence electrons. The van der Waals surface area contributed by atoms with Crippen molar-refractivity contribution in [3.05, 3.63) is 36.3 Å². The molecule has 1 aromatic carbocycles. The lowest BCUT2D eigenvalue weighted by molar-refractivity contribution is 0.355. The summed E-state index contributed by atoms with van der Waals surface area (Å²) in [6.45, 7) is 3.26. The molecule has 0 saturated carbocycles. The number of ether oxygens (including phenoxy) is 2. The van der Waals surface area contributed by atoms with E-state index in [0.29, 0.717) is 23.5 Å². The monoisotopic (exact) mass is 406 g/mol. The molecule has 2 unspecified atom stereocenters. The number of rotatable bonds is 4. The largest absolute Gasteiger partial charge is 0.493 e. The average Bonchev–Trinajstić information content (AvgIpc) is 3.10. The summed E-state index contributed by atoms with van der Waals surface area (Å²) >= 11 is 0. The van der Waals surface area contributed by atoms with E-state index in [2.05, 4.69) is 28.3 Å². The molecule has 0 aromatic heterocycles. The van der Waals surface area contributed by atoms with Gasteiger partial charge in [-0.3, -0.25) is 0 Å². The first-order valence-corrected chi connectivity index (χ1v) is 8.99. The third-order valence-corrected chi connectivity index (χ3v) is 5.08. The number of nitrogens with one attached hydrogen (secondary N) is 2. The molecule has 1 aromatic rings. The van der Waals surface area contributed by atoms with Crippen molar-refractivity contribution >= 4 is 12.4 Å². The van der Waals surface area contributed by atoms with Crippen LogP contribution < -0.4 is 14.8 Å². The molecule has 4 rings (SSSR count). The van der Waals surface area contributed by atoms with Gasteiger partial charge < -0.3 is 25.3 Å². The number of aromatic amines is 1. The lowest BCUT2D eigenvalue weighted by atomic mass is 9.92. The molecule has 1 fully saturated rings. The van der Waals surface area contributed by atoms with Gasteiger partial charge in [0.15, 0.2) is 11.5 Å². The van der Waals surface area contributed by atoms with Crippen LogP contribution in [0.15, 0.2) is 30.5 Å². The summed E-state index contributed by atoms with van der Waals surface area (Å²) in [4.78, 5) is 12.9. The molecule has 3 heterocycles. The van der Waals surface area contributed by atoms with Gasteiger partial charge in [-0.2, -0.15) is 0 Å². The number of fused-ring (bicyclic) bond motifs is 1. The predicted molar refractivity (Wildman–Crippen MR) is 112 cm³/mol. The predicted octanol–water partition coefficient (Wildman–Crippen LogP) is 3.05. The Hall–Kier alpha value is -2.35. The van der Waals surface area contributed by atoms with Crippen molar-refractivity contribution in [3.63, 3.8) is 0 Å². The van der Waals surface area contributed by atoms with Gasteiger partial charge in [-0.1, -0.05) is 0 Å². The van der Waals surface area contributed by atoms with Gasteiger partial charge in [0.2, 0.25) is 0 Å². The number of halogens is 1. The molecule has 0 aliphatic carbocycles. The van der Waals surface area contributed by atoms with Crippen LogP contribution in [-0.2, 0) is 0 Å². The van der Waals surface area contributed by atoms with E-state index in [1.165, 1.54) is 0 Å². The van der Waals surface area contributed by atoms with Gasteiger partial charge in [-0.05, 0) is 50.6 Å². The van der Waals surface area contributed by atoms with Crippen molar-refractivity contribution in [1.82, 2.24) is 20.3 Å². The molecular weight excluding hydrogens is 380 g/mol. The molecule has 0 amide bonds. The Kier molecular flexibility index (Phi) is 7.23. The quantitative estimate of drug-likeness (QED) is 0.693. The van der Waals surface area contributed by atoms with Crippen molar-refractivity contribution in [2.45, 2.75) is 31.7 Å². The maximum absolute atomic E-state index is 5.40. The third kappa shape index (κ3) is 4.22. The van der Waals surface area contributed by atoms with Crippen LogP contribution in [0.1, 0.15) is 31.5 Å². The van der Waals surface area contributed by atoms with Crippen LogP contribution in [0.2, 0.25) is 0 Å². The van der Waals surface area contributed by atoms with E-state index in [1.807, 2.05) is 24.4 Å². The first-order valence-electron chi connectivity index (χ1n) is 8.99. The van der Waals surface area contributed by atoms with Crippen LogP contribution in [0.25, 0.3) is 22.6 Å². The number of methoxy groups -OCH3 is 2. The average molecular weight is 407 g/mol. The summed E-state index contributed by atoms with van der Waals surface area (Å²) in [5, 5.41) is 3.49. The zero-order valence-corrected chi connectivity index (χ0v) is 17.1. The van der Waals surface area contributed by atoms with E-state index in [9.17, 15) is 0 Å². The van der Waals surface area contributed by atoms with Crippen LogP contribution in [0, 0.1) is 0 Å². The van der Waals surface area contributed by atoms with Crippen molar-refractivity contribution in [2.24, 2.45) is 0 Å². The smallest absolute Gasteiger partial charge is 0.161 e. The topological polar surface area (TPSA) is 104 Å². The summed E-state index contributed by atoms with van der Waals surface area (Å²) in [5.41, 5.74) is 3.78. The van der Waals surface area contributed by atoms with Crippen LogP contribution >= 0.6 is 12.4 Å². The second-order valence-electron chi connectivity index (χ2n) is 6.85. The Morgan fingerprint density at radius 1 is 1.07 bits per heavy atom. The summed E-state index contributed by atoms with van der Waals surface area (Å²) in [7, 11) is 3.27. The van der Waals surface area contributed by atoms with E-state index in [4.69, 9.17) is 14.5 Å². The first-order chi connectivity index (χ1) is 12.7. The van der Waals surface area contributed by atoms with Gasteiger partial charge in [-0.15, -0.1) is 12.4 Å². The second kappa shape index (κ2) is 9.23. The molecule has 7 nitrogen and oxygen atoms in total. The highest BCUT2D eigenvalue weighted by molar-refractivity contribution is 5.85. The van der Waals surface area contributed by atoms with E-state index >= 15 is 0 Å². The Labute approximate surface area is 170 Å². The number of aromatic nitrogens is 3. The van der Waals surface area contributed by atoms with Crippen LogP contribution in [0.4, 0.5) is 0 Å². The molecule has 28 heavy (non-hydrogen) atoms. The number of H-pyrrole nitrogens is 1. The Balaban J connectivity index is 0.00000140. The summed E-state index contributed by atoms with van der Waals surface area (Å²) in [6, 6.07) is 8.44. The van der Waals surface area contributed by atoms with E-state index in [-0.39, 0.29) is 17.9 Å². The molecular formula is C20H27ClN4O3. The minimum Gasteiger partial charge on any atom is -0.493 e. The lowest BCUT2D eigenvalue weighted by Crippen LogP contribution is -2.35. The van der Waals surface area contributed by atoms with Crippen molar-refractivity contribution in [2.75, 3.05) is 20.8 Å². The highest BCUT2D eigenvalue weighted by Crippen LogP contribution is 2.35. The highest BCUT2D eigenvalue weighted by atomic mass is 35.5. The fourth-order valence-electron chi connectivity index (χ4n) is 3.66. The summed E-state index contributed by atoms with van der Waals surface area (Å²) in [6.07, 6.45) is 4.08. The molecule has 0 bridgehead atoms. The van der Waals surface area contributed by atoms with Crippen molar-refractivity contribution in [1.29, 1.82) is 0 Å².